The molecule has 1 aliphatic rings. The minimum absolute atomic E-state index is 0.0540. The van der Waals surface area contributed by atoms with E-state index in [1.165, 1.54) is 10.9 Å². The fourth-order valence-electron chi connectivity index (χ4n) is 4.57. The van der Waals surface area contributed by atoms with E-state index >= 15 is 0 Å². The number of amides is 2. The standard InChI is InChI=1S/C29H29F3N6O3/c1-36-9-11-38(12-10-36)17-19-13-20(29(30,31)32)15-22(14-19)35-28(40)34-21-3-5-23(6-4-21)41-24-7-8-26-25(16-24)27(39)37(2)18-33-26/h3-8,13-16,18H,9-12,17H2,1-2H3,(H2,34,35,40). The van der Waals surface area contributed by atoms with Gasteiger partial charge in [-0.25, -0.2) is 9.78 Å². The number of aryl methyl sites for hydroxylation is 1. The van der Waals surface area contributed by atoms with Crippen molar-refractivity contribution in [3.63, 3.8) is 0 Å². The number of urea groups is 1. The zero-order valence-corrected chi connectivity index (χ0v) is 22.5. The van der Waals surface area contributed by atoms with Gasteiger partial charge in [-0.05, 0) is 73.3 Å². The van der Waals surface area contributed by atoms with Crippen LogP contribution in [0.1, 0.15) is 11.1 Å². The number of nitrogens with one attached hydrogen (secondary N) is 2. The van der Waals surface area contributed by atoms with Gasteiger partial charge in [-0.1, -0.05) is 0 Å². The number of likely N-dealkylation sites (N-methyl/N-ethyl adjacent to an activating group) is 1. The number of ether oxygens (including phenoxy) is 1. The van der Waals surface area contributed by atoms with Crippen LogP contribution < -0.4 is 20.9 Å². The average Bonchev–Trinajstić information content (AvgIpc) is 2.93. The average molecular weight is 567 g/mol. The number of rotatable bonds is 6. The molecule has 0 spiro atoms. The molecule has 0 saturated carbocycles. The minimum Gasteiger partial charge on any atom is -0.457 e. The molecule has 41 heavy (non-hydrogen) atoms. The van der Waals surface area contributed by atoms with Crippen LogP contribution in [0.4, 0.5) is 29.3 Å². The fourth-order valence-corrected chi connectivity index (χ4v) is 4.57. The highest BCUT2D eigenvalue weighted by molar-refractivity contribution is 5.99. The molecule has 214 valence electrons. The van der Waals surface area contributed by atoms with Crippen LogP contribution in [0.25, 0.3) is 10.9 Å². The molecule has 2 amide bonds. The van der Waals surface area contributed by atoms with E-state index in [1.54, 1.807) is 55.6 Å². The maximum Gasteiger partial charge on any atom is 0.416 e. The van der Waals surface area contributed by atoms with E-state index in [2.05, 4.69) is 25.4 Å². The molecule has 1 fully saturated rings. The van der Waals surface area contributed by atoms with Crippen molar-refractivity contribution in [2.24, 2.45) is 7.05 Å². The van der Waals surface area contributed by atoms with Crippen LogP contribution in [0.15, 0.2) is 71.8 Å². The van der Waals surface area contributed by atoms with Crippen molar-refractivity contribution < 1.29 is 22.7 Å². The van der Waals surface area contributed by atoms with Crippen molar-refractivity contribution in [3.05, 3.63) is 88.5 Å². The number of nitrogens with zero attached hydrogens (tertiary/aromatic N) is 4. The van der Waals surface area contributed by atoms with Crippen LogP contribution in [-0.2, 0) is 19.8 Å². The van der Waals surface area contributed by atoms with Gasteiger partial charge in [-0.2, -0.15) is 13.2 Å². The summed E-state index contributed by atoms with van der Waals surface area (Å²) in [6, 6.07) is 14.4. The third kappa shape index (κ3) is 7.02. The summed E-state index contributed by atoms with van der Waals surface area (Å²) in [4.78, 5) is 33.5. The van der Waals surface area contributed by atoms with Crippen molar-refractivity contribution in [1.82, 2.24) is 19.4 Å². The first-order valence-corrected chi connectivity index (χ1v) is 13.0. The summed E-state index contributed by atoms with van der Waals surface area (Å²) in [5, 5.41) is 5.57. The highest BCUT2D eigenvalue weighted by Crippen LogP contribution is 2.32. The minimum atomic E-state index is -4.55. The largest absolute Gasteiger partial charge is 0.457 e. The summed E-state index contributed by atoms with van der Waals surface area (Å²) >= 11 is 0. The number of benzene rings is 3. The molecule has 0 radical (unpaired) electrons. The van der Waals surface area contributed by atoms with E-state index in [1.807, 2.05) is 7.05 Å². The van der Waals surface area contributed by atoms with Gasteiger partial charge in [-0.15, -0.1) is 0 Å². The number of piperazine rings is 1. The lowest BCUT2D eigenvalue weighted by molar-refractivity contribution is -0.137. The van der Waals surface area contributed by atoms with Crippen molar-refractivity contribution in [2.45, 2.75) is 12.7 Å². The third-order valence-corrected chi connectivity index (χ3v) is 6.82. The Kier molecular flexibility index (Phi) is 7.95. The third-order valence-electron chi connectivity index (χ3n) is 6.82. The highest BCUT2D eigenvalue weighted by Gasteiger charge is 2.31. The molecule has 0 unspecified atom stereocenters. The van der Waals surface area contributed by atoms with Crippen LogP contribution in [0.3, 0.4) is 0 Å². The lowest BCUT2D eigenvalue weighted by atomic mass is 10.1. The Morgan fingerprint density at radius 2 is 1.59 bits per heavy atom. The molecule has 3 aromatic carbocycles. The van der Waals surface area contributed by atoms with E-state index in [-0.39, 0.29) is 11.2 Å². The first kappa shape index (κ1) is 28.1. The fraction of sp³-hybridized carbons (Fsp3) is 0.276. The van der Waals surface area contributed by atoms with Crippen molar-refractivity contribution in [1.29, 1.82) is 0 Å². The van der Waals surface area contributed by atoms with Crippen LogP contribution in [0.5, 0.6) is 11.5 Å². The predicted octanol–water partition coefficient (Wildman–Crippen LogP) is 5.14. The number of halogens is 3. The molecular weight excluding hydrogens is 537 g/mol. The predicted molar refractivity (Wildman–Crippen MR) is 150 cm³/mol. The topological polar surface area (TPSA) is 91.7 Å². The first-order chi connectivity index (χ1) is 19.5. The first-order valence-electron chi connectivity index (χ1n) is 13.0. The number of hydrogen-bond donors (Lipinski definition) is 2. The number of aromatic nitrogens is 2. The van der Waals surface area contributed by atoms with E-state index in [4.69, 9.17) is 4.74 Å². The van der Waals surface area contributed by atoms with Gasteiger partial charge in [0.25, 0.3) is 5.56 Å². The molecule has 4 aromatic rings. The number of carbonyl (C=O) groups excluding carboxylic acids is 1. The van der Waals surface area contributed by atoms with Gasteiger partial charge in [0.05, 0.1) is 22.8 Å². The molecule has 1 aromatic heterocycles. The molecule has 5 rings (SSSR count). The Balaban J connectivity index is 1.24. The van der Waals surface area contributed by atoms with Crippen LogP contribution >= 0.6 is 0 Å². The maximum absolute atomic E-state index is 13.6. The molecule has 2 heterocycles. The molecule has 0 aliphatic carbocycles. The Labute approximate surface area is 234 Å². The molecule has 1 aliphatic heterocycles. The van der Waals surface area contributed by atoms with Crippen LogP contribution in [0.2, 0.25) is 0 Å². The second-order valence-electron chi connectivity index (χ2n) is 10.0. The Morgan fingerprint density at radius 3 is 2.29 bits per heavy atom. The van der Waals surface area contributed by atoms with Gasteiger partial charge >= 0.3 is 12.2 Å². The quantitative estimate of drug-likeness (QED) is 0.336. The molecule has 0 bridgehead atoms. The van der Waals surface area contributed by atoms with Gasteiger partial charge in [0.2, 0.25) is 0 Å². The Morgan fingerprint density at radius 1 is 0.902 bits per heavy atom. The maximum atomic E-state index is 13.6. The number of hydrogen-bond acceptors (Lipinski definition) is 6. The van der Waals surface area contributed by atoms with Crippen molar-refractivity contribution >= 4 is 28.3 Å². The van der Waals surface area contributed by atoms with Gasteiger partial charge in [0.15, 0.2) is 0 Å². The number of fused-ring (bicyclic) bond motifs is 1. The molecule has 1 saturated heterocycles. The van der Waals surface area contributed by atoms with Gasteiger partial charge in [0.1, 0.15) is 11.5 Å². The molecule has 2 N–H and O–H groups in total. The zero-order chi connectivity index (χ0) is 29.1. The summed E-state index contributed by atoms with van der Waals surface area (Å²) in [7, 11) is 3.63. The van der Waals surface area contributed by atoms with Gasteiger partial charge in [-0.3, -0.25) is 9.69 Å². The summed E-state index contributed by atoms with van der Waals surface area (Å²) < 4.78 is 48.0. The highest BCUT2D eigenvalue weighted by atomic mass is 19.4. The molecule has 9 nitrogen and oxygen atoms in total. The normalized spacial score (nSPS) is 14.7. The summed E-state index contributed by atoms with van der Waals surface area (Å²) in [6.45, 7) is 3.56. The second-order valence-corrected chi connectivity index (χ2v) is 10.0. The van der Waals surface area contributed by atoms with Crippen LogP contribution in [-0.4, -0.2) is 58.6 Å². The van der Waals surface area contributed by atoms with E-state index in [9.17, 15) is 22.8 Å². The Bertz CT molecular complexity index is 1610. The second kappa shape index (κ2) is 11.6. The van der Waals surface area contributed by atoms with E-state index < -0.39 is 17.8 Å². The lowest BCUT2D eigenvalue weighted by Gasteiger charge is -2.32. The van der Waals surface area contributed by atoms with Crippen LogP contribution in [0, 0.1) is 0 Å². The zero-order valence-electron chi connectivity index (χ0n) is 22.5. The van der Waals surface area contributed by atoms with Gasteiger partial charge < -0.3 is 24.8 Å². The number of alkyl halides is 3. The summed E-state index contributed by atoms with van der Waals surface area (Å²) in [5.74, 6) is 0.903. The van der Waals surface area contributed by atoms with Crippen molar-refractivity contribution in [3.8, 4) is 11.5 Å². The monoisotopic (exact) mass is 566 g/mol. The van der Waals surface area contributed by atoms with Gasteiger partial charge in [0, 0.05) is 51.1 Å². The number of anilines is 2. The number of carbonyl (C=O) groups is 1. The molecule has 0 atom stereocenters. The van der Waals surface area contributed by atoms with E-state index in [0.717, 1.165) is 38.3 Å². The molecular formula is C29H29F3N6O3. The summed E-state index contributed by atoms with van der Waals surface area (Å²) in [5.41, 5.74) is 0.484. The smallest absolute Gasteiger partial charge is 0.416 e. The van der Waals surface area contributed by atoms with Crippen molar-refractivity contribution in [2.75, 3.05) is 43.9 Å². The Hall–Kier alpha value is -4.42. The summed E-state index contributed by atoms with van der Waals surface area (Å²) in [6.07, 6.45) is -3.09. The van der Waals surface area contributed by atoms with E-state index in [0.29, 0.717) is 40.2 Å². The lowest BCUT2D eigenvalue weighted by Crippen LogP contribution is -2.43. The SMILES string of the molecule is CN1CCN(Cc2cc(NC(=O)Nc3ccc(Oc4ccc5ncn(C)c(=O)c5c4)cc3)cc(C(F)(F)F)c2)CC1. The molecule has 12 heteroatoms.